The molecule has 2 aromatic rings. The van der Waals surface area contributed by atoms with Crippen LogP contribution in [0.1, 0.15) is 21.5 Å². The first-order valence-corrected chi connectivity index (χ1v) is 6.07. The Labute approximate surface area is 117 Å². The van der Waals surface area contributed by atoms with E-state index < -0.39 is 0 Å². The Morgan fingerprint density at radius 1 is 1.35 bits per heavy atom. The molecule has 0 fully saturated rings. The number of pyridine rings is 2. The minimum atomic E-state index is -0.273. The van der Waals surface area contributed by atoms with E-state index >= 15 is 0 Å². The molecule has 100 valence electrons. The molecule has 0 aliphatic heterocycles. The summed E-state index contributed by atoms with van der Waals surface area (Å²) in [5.74, 6) is 5.78. The second kappa shape index (κ2) is 6.45. The molecule has 0 aliphatic rings. The monoisotopic (exact) mass is 266 g/mol. The minimum Gasteiger partial charge on any atom is -0.320 e. The highest BCUT2D eigenvalue weighted by Gasteiger charge is 2.07. The van der Waals surface area contributed by atoms with Crippen molar-refractivity contribution in [1.29, 1.82) is 0 Å². The summed E-state index contributed by atoms with van der Waals surface area (Å²) in [5.41, 5.74) is 7.42. The SMILES string of the molecule is Cc1ccc(NC(=O)c2cncc(C#CCN)c2)nc1. The van der Waals surface area contributed by atoms with E-state index in [-0.39, 0.29) is 12.5 Å². The van der Waals surface area contributed by atoms with Crippen molar-refractivity contribution in [1.82, 2.24) is 9.97 Å². The third-order valence-corrected chi connectivity index (χ3v) is 2.49. The van der Waals surface area contributed by atoms with Gasteiger partial charge in [0.1, 0.15) is 5.82 Å². The van der Waals surface area contributed by atoms with E-state index in [0.29, 0.717) is 16.9 Å². The molecular formula is C15H14N4O. The summed E-state index contributed by atoms with van der Waals surface area (Å²) in [6.07, 6.45) is 4.76. The molecule has 0 aliphatic carbocycles. The van der Waals surface area contributed by atoms with Crippen molar-refractivity contribution in [3.8, 4) is 11.8 Å². The van der Waals surface area contributed by atoms with Crippen LogP contribution in [0.2, 0.25) is 0 Å². The zero-order valence-corrected chi connectivity index (χ0v) is 11.1. The van der Waals surface area contributed by atoms with E-state index in [1.54, 1.807) is 24.5 Å². The van der Waals surface area contributed by atoms with Crippen LogP contribution in [0.15, 0.2) is 36.8 Å². The molecule has 5 heteroatoms. The third-order valence-electron chi connectivity index (χ3n) is 2.49. The van der Waals surface area contributed by atoms with E-state index in [0.717, 1.165) is 5.56 Å². The number of hydrogen-bond acceptors (Lipinski definition) is 4. The molecule has 2 heterocycles. The topological polar surface area (TPSA) is 80.9 Å². The second-order valence-corrected chi connectivity index (χ2v) is 4.14. The van der Waals surface area contributed by atoms with Gasteiger partial charge in [-0.25, -0.2) is 4.98 Å². The number of nitrogens with one attached hydrogen (secondary N) is 1. The average molecular weight is 266 g/mol. The van der Waals surface area contributed by atoms with Crippen LogP contribution in [0.3, 0.4) is 0 Å². The van der Waals surface area contributed by atoms with Crippen molar-refractivity contribution in [2.24, 2.45) is 5.73 Å². The molecule has 5 nitrogen and oxygen atoms in total. The van der Waals surface area contributed by atoms with Crippen molar-refractivity contribution in [2.45, 2.75) is 6.92 Å². The maximum absolute atomic E-state index is 12.1. The van der Waals surface area contributed by atoms with Gasteiger partial charge in [-0.1, -0.05) is 17.9 Å². The van der Waals surface area contributed by atoms with Crippen LogP contribution in [0.4, 0.5) is 5.82 Å². The van der Waals surface area contributed by atoms with E-state index in [1.165, 1.54) is 6.20 Å². The number of nitrogens with two attached hydrogens (primary N) is 1. The lowest BCUT2D eigenvalue weighted by Crippen LogP contribution is -2.13. The van der Waals surface area contributed by atoms with E-state index in [9.17, 15) is 4.79 Å². The van der Waals surface area contributed by atoms with Gasteiger partial charge in [0.05, 0.1) is 12.1 Å². The van der Waals surface area contributed by atoms with Crippen molar-refractivity contribution in [2.75, 3.05) is 11.9 Å². The fourth-order valence-electron chi connectivity index (χ4n) is 1.52. The normalized spacial score (nSPS) is 9.50. The standard InChI is InChI=1S/C15H14N4O/c1-11-4-5-14(18-8-11)19-15(20)13-7-12(3-2-6-16)9-17-10-13/h4-5,7-10H,6,16H2,1H3,(H,18,19,20). The van der Waals surface area contributed by atoms with E-state index in [2.05, 4.69) is 27.1 Å². The molecule has 0 radical (unpaired) electrons. The van der Waals surface area contributed by atoms with Crippen LogP contribution >= 0.6 is 0 Å². The number of nitrogens with zero attached hydrogens (tertiary/aromatic N) is 2. The first-order valence-electron chi connectivity index (χ1n) is 6.07. The van der Waals surface area contributed by atoms with E-state index in [1.807, 2.05) is 13.0 Å². The molecule has 20 heavy (non-hydrogen) atoms. The molecule has 1 amide bonds. The molecule has 0 atom stereocenters. The number of aromatic nitrogens is 2. The summed E-state index contributed by atoms with van der Waals surface area (Å²) in [6, 6.07) is 5.29. The van der Waals surface area contributed by atoms with Crippen LogP contribution in [0.25, 0.3) is 0 Å². The van der Waals surface area contributed by atoms with Gasteiger partial charge in [0, 0.05) is 24.2 Å². The summed E-state index contributed by atoms with van der Waals surface area (Å²) in [5, 5.41) is 2.71. The van der Waals surface area contributed by atoms with Crippen molar-refractivity contribution < 1.29 is 4.79 Å². The maximum atomic E-state index is 12.1. The molecule has 0 bridgehead atoms. The second-order valence-electron chi connectivity index (χ2n) is 4.14. The number of aryl methyl sites for hydroxylation is 1. The van der Waals surface area contributed by atoms with Gasteiger partial charge in [-0.3, -0.25) is 9.78 Å². The Bertz CT molecular complexity index is 668. The minimum absolute atomic E-state index is 0.268. The highest BCUT2D eigenvalue weighted by atomic mass is 16.1. The number of carbonyl (C=O) groups excluding carboxylic acids is 1. The first-order chi connectivity index (χ1) is 9.69. The molecule has 2 rings (SSSR count). The Hall–Kier alpha value is -2.71. The molecule has 0 aromatic carbocycles. The number of anilines is 1. The lowest BCUT2D eigenvalue weighted by atomic mass is 10.2. The fourth-order valence-corrected chi connectivity index (χ4v) is 1.52. The van der Waals surface area contributed by atoms with Gasteiger partial charge in [0.2, 0.25) is 0 Å². The summed E-state index contributed by atoms with van der Waals surface area (Å²) >= 11 is 0. The number of rotatable bonds is 2. The van der Waals surface area contributed by atoms with Crippen LogP contribution < -0.4 is 11.1 Å². The predicted molar refractivity (Wildman–Crippen MR) is 77.1 cm³/mol. The molecular weight excluding hydrogens is 252 g/mol. The quantitative estimate of drug-likeness (QED) is 0.804. The van der Waals surface area contributed by atoms with Gasteiger partial charge in [0.15, 0.2) is 0 Å². The zero-order valence-electron chi connectivity index (χ0n) is 11.1. The van der Waals surface area contributed by atoms with Crippen molar-refractivity contribution >= 4 is 11.7 Å². The van der Waals surface area contributed by atoms with Gasteiger partial charge in [0.25, 0.3) is 5.91 Å². The maximum Gasteiger partial charge on any atom is 0.258 e. The summed E-state index contributed by atoms with van der Waals surface area (Å²) in [7, 11) is 0. The Balaban J connectivity index is 2.14. The Morgan fingerprint density at radius 3 is 2.90 bits per heavy atom. The van der Waals surface area contributed by atoms with Crippen molar-refractivity contribution in [3.05, 3.63) is 53.5 Å². The zero-order chi connectivity index (χ0) is 14.4. The molecule has 0 saturated heterocycles. The van der Waals surface area contributed by atoms with Gasteiger partial charge in [-0.05, 0) is 24.6 Å². The molecule has 0 unspecified atom stereocenters. The molecule has 2 aromatic heterocycles. The Kier molecular flexibility index (Phi) is 4.43. The average Bonchev–Trinajstić information content (AvgIpc) is 2.48. The predicted octanol–water partition coefficient (Wildman–Crippen LogP) is 1.35. The lowest BCUT2D eigenvalue weighted by molar-refractivity contribution is 0.102. The highest BCUT2D eigenvalue weighted by Crippen LogP contribution is 2.08. The van der Waals surface area contributed by atoms with Gasteiger partial charge < -0.3 is 11.1 Å². The van der Waals surface area contributed by atoms with Crippen LogP contribution in [0.5, 0.6) is 0 Å². The smallest absolute Gasteiger partial charge is 0.258 e. The number of carbonyl (C=O) groups is 1. The number of hydrogen-bond donors (Lipinski definition) is 2. The van der Waals surface area contributed by atoms with Crippen LogP contribution in [0, 0.1) is 18.8 Å². The van der Waals surface area contributed by atoms with Gasteiger partial charge in [-0.15, -0.1) is 0 Å². The molecule has 0 saturated carbocycles. The van der Waals surface area contributed by atoms with Crippen molar-refractivity contribution in [3.63, 3.8) is 0 Å². The van der Waals surface area contributed by atoms with Crippen LogP contribution in [-0.2, 0) is 0 Å². The van der Waals surface area contributed by atoms with Gasteiger partial charge in [-0.2, -0.15) is 0 Å². The molecule has 0 spiro atoms. The lowest BCUT2D eigenvalue weighted by Gasteiger charge is -2.04. The highest BCUT2D eigenvalue weighted by molar-refractivity contribution is 6.03. The summed E-state index contributed by atoms with van der Waals surface area (Å²) in [4.78, 5) is 20.2. The van der Waals surface area contributed by atoms with Gasteiger partial charge >= 0.3 is 0 Å². The Morgan fingerprint density at radius 2 is 2.20 bits per heavy atom. The van der Waals surface area contributed by atoms with E-state index in [4.69, 9.17) is 5.73 Å². The first kappa shape index (κ1) is 13.7. The molecule has 3 N–H and O–H groups in total. The largest absolute Gasteiger partial charge is 0.320 e. The van der Waals surface area contributed by atoms with Crippen LogP contribution in [-0.4, -0.2) is 22.4 Å². The summed E-state index contributed by atoms with van der Waals surface area (Å²) < 4.78 is 0. The third kappa shape index (κ3) is 3.64. The summed E-state index contributed by atoms with van der Waals surface area (Å²) in [6.45, 7) is 2.20. The fraction of sp³-hybridized carbons (Fsp3) is 0.133. The number of amides is 1.